The topological polar surface area (TPSA) is 74.9 Å². The first-order chi connectivity index (χ1) is 8.27. The fourth-order valence-electron chi connectivity index (χ4n) is 1.97. The summed E-state index contributed by atoms with van der Waals surface area (Å²) in [5.41, 5.74) is 8.81. The molecule has 4 heteroatoms. The third-order valence-corrected chi connectivity index (χ3v) is 2.78. The van der Waals surface area contributed by atoms with Crippen LogP contribution in [-0.4, -0.2) is 15.3 Å². The predicted octanol–water partition coefficient (Wildman–Crippen LogP) is 2.52. The lowest BCUT2D eigenvalue weighted by Crippen LogP contribution is -1.86. The number of aromatic amines is 1. The number of H-pyrrole nitrogens is 1. The molecule has 0 aliphatic rings. The standard InChI is InChI=1S/C13H11N3O/c14-9-5-3-6-10-12(9)13(16-15-10)8-4-1-2-7-11(8)17/h1-7,17H,14H2,(H,15,16). The van der Waals surface area contributed by atoms with E-state index in [9.17, 15) is 5.11 Å². The number of fused-ring (bicyclic) bond motifs is 1. The van der Waals surface area contributed by atoms with Crippen LogP contribution in [0.5, 0.6) is 5.75 Å². The molecule has 0 bridgehead atoms. The van der Waals surface area contributed by atoms with Gasteiger partial charge >= 0.3 is 0 Å². The second kappa shape index (κ2) is 3.52. The van der Waals surface area contributed by atoms with Crippen LogP contribution in [0.25, 0.3) is 22.2 Å². The van der Waals surface area contributed by atoms with Crippen molar-refractivity contribution in [1.29, 1.82) is 0 Å². The van der Waals surface area contributed by atoms with E-state index in [4.69, 9.17) is 5.73 Å². The molecule has 1 aromatic heterocycles. The second-order valence-electron chi connectivity index (χ2n) is 3.86. The first-order valence-corrected chi connectivity index (χ1v) is 5.28. The van der Waals surface area contributed by atoms with Crippen LogP contribution in [0.4, 0.5) is 5.69 Å². The van der Waals surface area contributed by atoms with Gasteiger partial charge in [0.25, 0.3) is 0 Å². The number of phenolic OH excluding ortho intramolecular Hbond substituents is 1. The Bertz CT molecular complexity index is 688. The summed E-state index contributed by atoms with van der Waals surface area (Å²) in [5.74, 6) is 0.198. The number of para-hydroxylation sites is 1. The fraction of sp³-hybridized carbons (Fsp3) is 0. The Morgan fingerprint density at radius 1 is 1.06 bits per heavy atom. The number of anilines is 1. The molecule has 0 aliphatic carbocycles. The number of aromatic hydroxyl groups is 1. The lowest BCUT2D eigenvalue weighted by molar-refractivity contribution is 0.477. The smallest absolute Gasteiger partial charge is 0.125 e. The van der Waals surface area contributed by atoms with E-state index in [1.165, 1.54) is 0 Å². The van der Waals surface area contributed by atoms with E-state index in [1.54, 1.807) is 12.1 Å². The van der Waals surface area contributed by atoms with Gasteiger partial charge in [-0.2, -0.15) is 5.10 Å². The van der Waals surface area contributed by atoms with Crippen molar-refractivity contribution >= 4 is 16.6 Å². The molecule has 17 heavy (non-hydrogen) atoms. The van der Waals surface area contributed by atoms with Crippen LogP contribution in [0.1, 0.15) is 0 Å². The molecular formula is C13H11N3O. The van der Waals surface area contributed by atoms with E-state index in [2.05, 4.69) is 10.2 Å². The average molecular weight is 225 g/mol. The normalized spacial score (nSPS) is 10.8. The molecule has 0 aliphatic heterocycles. The van der Waals surface area contributed by atoms with Gasteiger partial charge in [-0.15, -0.1) is 0 Å². The Morgan fingerprint density at radius 2 is 1.88 bits per heavy atom. The Hall–Kier alpha value is -2.49. The van der Waals surface area contributed by atoms with Crippen molar-refractivity contribution in [2.45, 2.75) is 0 Å². The van der Waals surface area contributed by atoms with Crippen molar-refractivity contribution in [1.82, 2.24) is 10.2 Å². The highest BCUT2D eigenvalue weighted by molar-refractivity contribution is 6.01. The Morgan fingerprint density at radius 3 is 2.71 bits per heavy atom. The molecule has 0 atom stereocenters. The maximum atomic E-state index is 9.84. The summed E-state index contributed by atoms with van der Waals surface area (Å²) >= 11 is 0. The van der Waals surface area contributed by atoms with Crippen LogP contribution in [0.15, 0.2) is 42.5 Å². The first-order valence-electron chi connectivity index (χ1n) is 5.28. The van der Waals surface area contributed by atoms with Gasteiger partial charge < -0.3 is 10.8 Å². The quantitative estimate of drug-likeness (QED) is 0.557. The van der Waals surface area contributed by atoms with Gasteiger partial charge in [-0.05, 0) is 24.3 Å². The van der Waals surface area contributed by atoms with Gasteiger partial charge in [0, 0.05) is 11.3 Å². The van der Waals surface area contributed by atoms with Crippen molar-refractivity contribution in [2.75, 3.05) is 5.73 Å². The van der Waals surface area contributed by atoms with Crippen LogP contribution in [0.2, 0.25) is 0 Å². The van der Waals surface area contributed by atoms with E-state index >= 15 is 0 Å². The third kappa shape index (κ3) is 1.42. The summed E-state index contributed by atoms with van der Waals surface area (Å²) < 4.78 is 0. The van der Waals surface area contributed by atoms with Crippen molar-refractivity contribution in [3.63, 3.8) is 0 Å². The minimum atomic E-state index is 0.198. The van der Waals surface area contributed by atoms with E-state index in [0.29, 0.717) is 16.9 Å². The summed E-state index contributed by atoms with van der Waals surface area (Å²) in [7, 11) is 0. The zero-order chi connectivity index (χ0) is 11.8. The van der Waals surface area contributed by atoms with E-state index < -0.39 is 0 Å². The molecule has 4 nitrogen and oxygen atoms in total. The number of nitrogens with one attached hydrogen (secondary N) is 1. The minimum absolute atomic E-state index is 0.198. The van der Waals surface area contributed by atoms with Crippen LogP contribution >= 0.6 is 0 Å². The number of hydrogen-bond acceptors (Lipinski definition) is 3. The summed E-state index contributed by atoms with van der Waals surface area (Å²) in [6.07, 6.45) is 0. The lowest BCUT2D eigenvalue weighted by atomic mass is 10.1. The first kappa shape index (κ1) is 9.72. The Balaban J connectivity index is 2.36. The molecule has 2 aromatic carbocycles. The van der Waals surface area contributed by atoms with Crippen molar-refractivity contribution in [2.24, 2.45) is 0 Å². The summed E-state index contributed by atoms with van der Waals surface area (Å²) in [6, 6.07) is 12.7. The second-order valence-corrected chi connectivity index (χ2v) is 3.86. The lowest BCUT2D eigenvalue weighted by Gasteiger charge is -2.02. The van der Waals surface area contributed by atoms with Gasteiger partial charge in [0.1, 0.15) is 11.4 Å². The molecule has 0 unspecified atom stereocenters. The van der Waals surface area contributed by atoms with Gasteiger partial charge in [-0.25, -0.2) is 0 Å². The summed E-state index contributed by atoms with van der Waals surface area (Å²) in [6.45, 7) is 0. The number of aromatic nitrogens is 2. The molecular weight excluding hydrogens is 214 g/mol. The Kier molecular flexibility index (Phi) is 2.01. The number of benzene rings is 2. The van der Waals surface area contributed by atoms with Crippen LogP contribution < -0.4 is 5.73 Å². The van der Waals surface area contributed by atoms with Crippen LogP contribution in [0, 0.1) is 0 Å². The summed E-state index contributed by atoms with van der Waals surface area (Å²) in [4.78, 5) is 0. The number of hydrogen-bond donors (Lipinski definition) is 3. The highest BCUT2D eigenvalue weighted by Gasteiger charge is 2.13. The van der Waals surface area contributed by atoms with Crippen molar-refractivity contribution in [3.8, 4) is 17.0 Å². The maximum Gasteiger partial charge on any atom is 0.125 e. The molecule has 0 radical (unpaired) electrons. The number of nitrogens with two attached hydrogens (primary N) is 1. The van der Waals surface area contributed by atoms with Gasteiger partial charge in [0.05, 0.1) is 10.9 Å². The molecule has 0 amide bonds. The number of phenols is 1. The number of nitrogen functional groups attached to an aromatic ring is 1. The molecule has 0 spiro atoms. The predicted molar refractivity (Wildman–Crippen MR) is 67.6 cm³/mol. The molecule has 0 fully saturated rings. The zero-order valence-corrected chi connectivity index (χ0v) is 9.01. The van der Waals surface area contributed by atoms with E-state index in [1.807, 2.05) is 30.3 Å². The molecule has 84 valence electrons. The molecule has 4 N–H and O–H groups in total. The molecule has 0 saturated heterocycles. The molecule has 3 rings (SSSR count). The SMILES string of the molecule is Nc1cccc2[nH]nc(-c3ccccc3O)c12. The van der Waals surface area contributed by atoms with Gasteiger partial charge in [0.15, 0.2) is 0 Å². The van der Waals surface area contributed by atoms with Crippen LogP contribution in [0.3, 0.4) is 0 Å². The fourth-order valence-corrected chi connectivity index (χ4v) is 1.97. The third-order valence-electron chi connectivity index (χ3n) is 2.78. The maximum absolute atomic E-state index is 9.84. The van der Waals surface area contributed by atoms with Gasteiger partial charge in [-0.3, -0.25) is 5.10 Å². The Labute approximate surface area is 97.7 Å². The van der Waals surface area contributed by atoms with Crippen LogP contribution in [-0.2, 0) is 0 Å². The number of rotatable bonds is 1. The largest absolute Gasteiger partial charge is 0.507 e. The molecule has 1 heterocycles. The van der Waals surface area contributed by atoms with E-state index in [-0.39, 0.29) is 5.75 Å². The molecule has 3 aromatic rings. The van der Waals surface area contributed by atoms with Gasteiger partial charge in [-0.1, -0.05) is 18.2 Å². The van der Waals surface area contributed by atoms with Crippen molar-refractivity contribution in [3.05, 3.63) is 42.5 Å². The van der Waals surface area contributed by atoms with E-state index in [0.717, 1.165) is 10.9 Å². The highest BCUT2D eigenvalue weighted by Crippen LogP contribution is 2.34. The van der Waals surface area contributed by atoms with Crippen molar-refractivity contribution < 1.29 is 5.11 Å². The molecule has 0 saturated carbocycles. The van der Waals surface area contributed by atoms with Gasteiger partial charge in [0.2, 0.25) is 0 Å². The highest BCUT2D eigenvalue weighted by atomic mass is 16.3. The monoisotopic (exact) mass is 225 g/mol. The summed E-state index contributed by atoms with van der Waals surface area (Å²) in [5, 5.41) is 17.8. The zero-order valence-electron chi connectivity index (χ0n) is 9.01. The average Bonchev–Trinajstić information content (AvgIpc) is 2.75. The number of nitrogens with zero attached hydrogens (tertiary/aromatic N) is 1. The minimum Gasteiger partial charge on any atom is -0.507 e.